The molecule has 122 valence electrons. The van der Waals surface area contributed by atoms with Gasteiger partial charge < -0.3 is 20.1 Å². The standard InChI is InChI=1S/C14H22N4O4/c1-14(2,3)22-12(19)9-15-5-6-16-11-8-17-10(7-18-11)13(20)21-4/h7-8,15H,5-6,9H2,1-4H3,(H,16,18). The molecule has 0 saturated carbocycles. The van der Waals surface area contributed by atoms with Gasteiger partial charge in [0.25, 0.3) is 0 Å². The second kappa shape index (κ2) is 8.28. The molecule has 0 radical (unpaired) electrons. The van der Waals surface area contributed by atoms with Crippen molar-refractivity contribution in [3.63, 3.8) is 0 Å². The summed E-state index contributed by atoms with van der Waals surface area (Å²) in [6, 6.07) is 0. The van der Waals surface area contributed by atoms with E-state index >= 15 is 0 Å². The van der Waals surface area contributed by atoms with Gasteiger partial charge in [-0.3, -0.25) is 4.79 Å². The van der Waals surface area contributed by atoms with Crippen molar-refractivity contribution in [1.82, 2.24) is 15.3 Å². The molecule has 0 aromatic carbocycles. The third-order valence-electron chi connectivity index (χ3n) is 2.34. The number of nitrogens with zero attached hydrogens (tertiary/aromatic N) is 2. The molecule has 0 spiro atoms. The number of esters is 2. The fraction of sp³-hybridized carbons (Fsp3) is 0.571. The third-order valence-corrected chi connectivity index (χ3v) is 2.34. The SMILES string of the molecule is COC(=O)c1cnc(NCCNCC(=O)OC(C)(C)C)cn1. The molecule has 0 unspecified atom stereocenters. The normalized spacial score (nSPS) is 10.9. The number of carbonyl (C=O) groups is 2. The van der Waals surface area contributed by atoms with Crippen molar-refractivity contribution in [3.8, 4) is 0 Å². The zero-order chi connectivity index (χ0) is 16.6. The van der Waals surface area contributed by atoms with Crippen LogP contribution in [0.1, 0.15) is 31.3 Å². The Morgan fingerprint density at radius 3 is 2.45 bits per heavy atom. The first kappa shape index (κ1) is 17.8. The summed E-state index contributed by atoms with van der Waals surface area (Å²) in [4.78, 5) is 30.6. The summed E-state index contributed by atoms with van der Waals surface area (Å²) in [5.74, 6) is -0.292. The predicted octanol–water partition coefficient (Wildman–Crippen LogP) is 0.606. The molecule has 1 heterocycles. The maximum atomic E-state index is 11.5. The number of anilines is 1. The first-order valence-corrected chi connectivity index (χ1v) is 6.88. The van der Waals surface area contributed by atoms with Crippen LogP contribution in [0.25, 0.3) is 0 Å². The van der Waals surface area contributed by atoms with Crippen LogP contribution >= 0.6 is 0 Å². The van der Waals surface area contributed by atoms with Crippen molar-refractivity contribution in [3.05, 3.63) is 18.1 Å². The summed E-state index contributed by atoms with van der Waals surface area (Å²) in [7, 11) is 1.28. The van der Waals surface area contributed by atoms with Crippen molar-refractivity contribution in [2.24, 2.45) is 0 Å². The molecule has 1 aromatic heterocycles. The Kier molecular flexibility index (Phi) is 6.71. The lowest BCUT2D eigenvalue weighted by molar-refractivity contribution is -0.153. The zero-order valence-corrected chi connectivity index (χ0v) is 13.3. The van der Waals surface area contributed by atoms with Gasteiger partial charge in [0.15, 0.2) is 5.69 Å². The smallest absolute Gasteiger partial charge is 0.358 e. The highest BCUT2D eigenvalue weighted by Crippen LogP contribution is 2.06. The molecule has 0 fully saturated rings. The molecular formula is C14H22N4O4. The fourth-order valence-electron chi connectivity index (χ4n) is 1.48. The van der Waals surface area contributed by atoms with Crippen LogP contribution in [0.4, 0.5) is 5.82 Å². The molecule has 0 amide bonds. The number of hydrogen-bond donors (Lipinski definition) is 2. The molecule has 22 heavy (non-hydrogen) atoms. The van der Waals surface area contributed by atoms with E-state index in [1.165, 1.54) is 19.5 Å². The Morgan fingerprint density at radius 2 is 1.91 bits per heavy atom. The molecular weight excluding hydrogens is 288 g/mol. The minimum absolute atomic E-state index is 0.145. The maximum Gasteiger partial charge on any atom is 0.358 e. The molecule has 1 rings (SSSR count). The number of rotatable bonds is 7. The molecule has 0 aliphatic carbocycles. The van der Waals surface area contributed by atoms with Crippen LogP contribution in [0.15, 0.2) is 12.4 Å². The summed E-state index contributed by atoms with van der Waals surface area (Å²) in [5, 5.41) is 5.97. The van der Waals surface area contributed by atoms with Gasteiger partial charge in [-0.1, -0.05) is 0 Å². The van der Waals surface area contributed by atoms with Gasteiger partial charge in [0.05, 0.1) is 26.0 Å². The monoisotopic (exact) mass is 310 g/mol. The molecule has 2 N–H and O–H groups in total. The molecule has 0 aliphatic rings. The number of hydrogen-bond acceptors (Lipinski definition) is 8. The number of ether oxygens (including phenoxy) is 2. The predicted molar refractivity (Wildman–Crippen MR) is 80.6 cm³/mol. The van der Waals surface area contributed by atoms with Gasteiger partial charge in [-0.05, 0) is 20.8 Å². The quantitative estimate of drug-likeness (QED) is 0.558. The van der Waals surface area contributed by atoms with E-state index < -0.39 is 11.6 Å². The Labute approximate surface area is 129 Å². The Balaban J connectivity index is 2.22. The van der Waals surface area contributed by atoms with Crippen LogP contribution in [-0.2, 0) is 14.3 Å². The summed E-state index contributed by atoms with van der Waals surface area (Å²) < 4.78 is 9.69. The van der Waals surface area contributed by atoms with E-state index in [4.69, 9.17) is 4.74 Å². The first-order chi connectivity index (χ1) is 10.3. The van der Waals surface area contributed by atoms with Gasteiger partial charge in [-0.25, -0.2) is 14.8 Å². The van der Waals surface area contributed by atoms with Crippen LogP contribution in [-0.4, -0.2) is 54.3 Å². The largest absolute Gasteiger partial charge is 0.464 e. The molecule has 0 saturated heterocycles. The van der Waals surface area contributed by atoms with Gasteiger partial charge in [-0.2, -0.15) is 0 Å². The number of methoxy groups -OCH3 is 1. The molecule has 1 aromatic rings. The summed E-state index contributed by atoms with van der Waals surface area (Å²) in [6.45, 7) is 6.72. The van der Waals surface area contributed by atoms with Gasteiger partial charge in [-0.15, -0.1) is 0 Å². The Bertz CT molecular complexity index is 497. The summed E-state index contributed by atoms with van der Waals surface area (Å²) >= 11 is 0. The zero-order valence-electron chi connectivity index (χ0n) is 13.3. The van der Waals surface area contributed by atoms with Crippen molar-refractivity contribution in [2.45, 2.75) is 26.4 Å². The molecule has 8 nitrogen and oxygen atoms in total. The van der Waals surface area contributed by atoms with Gasteiger partial charge in [0.1, 0.15) is 11.4 Å². The van der Waals surface area contributed by atoms with E-state index in [1.54, 1.807) is 0 Å². The Morgan fingerprint density at radius 1 is 1.18 bits per heavy atom. The van der Waals surface area contributed by atoms with Crippen LogP contribution in [0.5, 0.6) is 0 Å². The number of aromatic nitrogens is 2. The van der Waals surface area contributed by atoms with Gasteiger partial charge >= 0.3 is 11.9 Å². The molecule has 0 aliphatic heterocycles. The second-order valence-electron chi connectivity index (χ2n) is 5.47. The average Bonchev–Trinajstić information content (AvgIpc) is 2.45. The highest BCUT2D eigenvalue weighted by Gasteiger charge is 2.15. The van der Waals surface area contributed by atoms with Crippen molar-refractivity contribution in [1.29, 1.82) is 0 Å². The van der Waals surface area contributed by atoms with E-state index in [-0.39, 0.29) is 18.2 Å². The van der Waals surface area contributed by atoms with E-state index in [2.05, 4.69) is 25.3 Å². The van der Waals surface area contributed by atoms with E-state index in [0.717, 1.165) is 0 Å². The van der Waals surface area contributed by atoms with Crippen molar-refractivity contribution >= 4 is 17.8 Å². The van der Waals surface area contributed by atoms with E-state index in [1.807, 2.05) is 20.8 Å². The lowest BCUT2D eigenvalue weighted by Gasteiger charge is -2.19. The molecule has 0 bridgehead atoms. The van der Waals surface area contributed by atoms with Crippen molar-refractivity contribution < 1.29 is 19.1 Å². The van der Waals surface area contributed by atoms with E-state index in [9.17, 15) is 9.59 Å². The minimum Gasteiger partial charge on any atom is -0.464 e. The highest BCUT2D eigenvalue weighted by molar-refractivity contribution is 5.86. The van der Waals surface area contributed by atoms with Crippen LogP contribution in [0.2, 0.25) is 0 Å². The van der Waals surface area contributed by atoms with Crippen LogP contribution in [0, 0.1) is 0 Å². The lowest BCUT2D eigenvalue weighted by Crippen LogP contribution is -2.33. The summed E-state index contributed by atoms with van der Waals surface area (Å²) in [5.41, 5.74) is -0.329. The van der Waals surface area contributed by atoms with Crippen molar-refractivity contribution in [2.75, 3.05) is 32.1 Å². The average molecular weight is 310 g/mol. The van der Waals surface area contributed by atoms with Gasteiger partial charge in [0.2, 0.25) is 0 Å². The lowest BCUT2D eigenvalue weighted by atomic mass is 10.2. The van der Waals surface area contributed by atoms with Crippen LogP contribution < -0.4 is 10.6 Å². The minimum atomic E-state index is -0.530. The first-order valence-electron chi connectivity index (χ1n) is 6.88. The topological polar surface area (TPSA) is 102 Å². The second-order valence-corrected chi connectivity index (χ2v) is 5.47. The fourth-order valence-corrected chi connectivity index (χ4v) is 1.48. The number of nitrogens with one attached hydrogen (secondary N) is 2. The molecule has 0 atom stereocenters. The highest BCUT2D eigenvalue weighted by atomic mass is 16.6. The molecule has 8 heteroatoms. The summed E-state index contributed by atoms with van der Waals surface area (Å²) in [6.07, 6.45) is 2.78. The number of carbonyl (C=O) groups excluding carboxylic acids is 2. The Hall–Kier alpha value is -2.22. The van der Waals surface area contributed by atoms with Crippen LogP contribution in [0.3, 0.4) is 0 Å². The van der Waals surface area contributed by atoms with E-state index in [0.29, 0.717) is 18.9 Å². The van der Waals surface area contributed by atoms with Gasteiger partial charge in [0, 0.05) is 13.1 Å². The maximum absolute atomic E-state index is 11.5. The third kappa shape index (κ3) is 6.98.